The van der Waals surface area contributed by atoms with Crippen molar-refractivity contribution in [2.24, 2.45) is 10.9 Å². The van der Waals surface area contributed by atoms with Gasteiger partial charge in [-0.15, -0.1) is 0 Å². The van der Waals surface area contributed by atoms with Crippen molar-refractivity contribution in [1.29, 1.82) is 0 Å². The molecule has 4 nitrogen and oxygen atoms in total. The van der Waals surface area contributed by atoms with Crippen LogP contribution in [0.5, 0.6) is 11.5 Å². The van der Waals surface area contributed by atoms with Crippen LogP contribution in [0.2, 0.25) is 0 Å². The molecule has 28 heavy (non-hydrogen) atoms. The molecule has 0 radical (unpaired) electrons. The predicted molar refractivity (Wildman–Crippen MR) is 114 cm³/mol. The molecule has 0 saturated carbocycles. The van der Waals surface area contributed by atoms with Crippen LogP contribution in [0.4, 0.5) is 0 Å². The first kappa shape index (κ1) is 20.4. The van der Waals surface area contributed by atoms with Gasteiger partial charge in [-0.05, 0) is 74.8 Å². The number of aliphatic imine (C=N–C) groups is 1. The Hall–Kier alpha value is -2.33. The monoisotopic (exact) mass is 381 g/mol. The van der Waals surface area contributed by atoms with Gasteiger partial charge >= 0.3 is 0 Å². The Morgan fingerprint density at radius 1 is 1.21 bits per heavy atom. The Morgan fingerprint density at radius 3 is 2.64 bits per heavy atom. The molecule has 1 N–H and O–H groups in total. The van der Waals surface area contributed by atoms with Crippen LogP contribution < -0.4 is 4.74 Å². The molecular formula is C24H31NO3. The van der Waals surface area contributed by atoms with Crippen LogP contribution in [-0.2, 0) is 4.74 Å². The highest BCUT2D eigenvalue weighted by Crippen LogP contribution is 2.40. The van der Waals surface area contributed by atoms with E-state index in [1.165, 1.54) is 5.56 Å². The number of hydrogen-bond donors (Lipinski definition) is 1. The van der Waals surface area contributed by atoms with Crippen molar-refractivity contribution in [3.05, 3.63) is 59.7 Å². The molecule has 1 aliphatic rings. The molecule has 0 unspecified atom stereocenters. The third kappa shape index (κ3) is 5.35. The number of nitrogens with zero attached hydrogens (tertiary/aromatic N) is 1. The predicted octanol–water partition coefficient (Wildman–Crippen LogP) is 5.20. The summed E-state index contributed by atoms with van der Waals surface area (Å²) in [5.41, 5.74) is 2.02. The fourth-order valence-electron chi connectivity index (χ4n) is 4.12. The Kier molecular flexibility index (Phi) is 6.74. The summed E-state index contributed by atoms with van der Waals surface area (Å²) >= 11 is 0. The standard InChI is InChI=1S/C24H31NO3/c1-24(2)16-19(13-15-28-24)22(18-8-10-21(27-3)11-9-18)12-14-25-17-20-6-4-5-7-23(20)26/h4-11,17,19,22,26H,12-16H2,1-3H3/t19-,22-/m1/s1. The van der Waals surface area contributed by atoms with E-state index in [9.17, 15) is 5.11 Å². The zero-order chi connectivity index (χ0) is 20.0. The van der Waals surface area contributed by atoms with Crippen molar-refractivity contribution < 1.29 is 14.6 Å². The Labute approximate surface area is 168 Å². The molecule has 2 aromatic carbocycles. The molecule has 1 aliphatic heterocycles. The maximum Gasteiger partial charge on any atom is 0.124 e. The van der Waals surface area contributed by atoms with Gasteiger partial charge in [0.2, 0.25) is 0 Å². The van der Waals surface area contributed by atoms with Crippen molar-refractivity contribution in [2.45, 2.75) is 44.6 Å². The summed E-state index contributed by atoms with van der Waals surface area (Å²) in [6, 6.07) is 15.7. The highest BCUT2D eigenvalue weighted by atomic mass is 16.5. The average molecular weight is 382 g/mol. The maximum atomic E-state index is 9.89. The molecule has 1 fully saturated rings. The highest BCUT2D eigenvalue weighted by molar-refractivity contribution is 5.83. The van der Waals surface area contributed by atoms with Crippen molar-refractivity contribution in [3.63, 3.8) is 0 Å². The van der Waals surface area contributed by atoms with Gasteiger partial charge in [0.05, 0.1) is 12.7 Å². The second-order valence-corrected chi connectivity index (χ2v) is 8.12. The average Bonchev–Trinajstić information content (AvgIpc) is 2.69. The number of para-hydroxylation sites is 1. The van der Waals surface area contributed by atoms with Crippen LogP contribution in [0.15, 0.2) is 53.5 Å². The van der Waals surface area contributed by atoms with Gasteiger partial charge in [-0.3, -0.25) is 4.99 Å². The maximum absolute atomic E-state index is 9.89. The van der Waals surface area contributed by atoms with E-state index in [2.05, 4.69) is 31.0 Å². The van der Waals surface area contributed by atoms with E-state index in [1.54, 1.807) is 19.4 Å². The summed E-state index contributed by atoms with van der Waals surface area (Å²) in [6.07, 6.45) is 4.86. The minimum atomic E-state index is -0.0767. The van der Waals surface area contributed by atoms with Crippen LogP contribution in [-0.4, -0.2) is 37.2 Å². The number of rotatable bonds is 7. The molecule has 150 valence electrons. The summed E-state index contributed by atoms with van der Waals surface area (Å²) in [6.45, 7) is 5.90. The van der Waals surface area contributed by atoms with Crippen LogP contribution >= 0.6 is 0 Å². The van der Waals surface area contributed by atoms with Gasteiger partial charge in [-0.25, -0.2) is 0 Å². The Bertz CT molecular complexity index is 783. The van der Waals surface area contributed by atoms with E-state index >= 15 is 0 Å². The van der Waals surface area contributed by atoms with Crippen LogP contribution in [0.25, 0.3) is 0 Å². The SMILES string of the molecule is COc1ccc([C@@H](CCN=Cc2ccccc2O)[C@@H]2CCOC(C)(C)C2)cc1. The lowest BCUT2D eigenvalue weighted by Crippen LogP contribution is -2.36. The van der Waals surface area contributed by atoms with Gasteiger partial charge in [-0.1, -0.05) is 24.3 Å². The van der Waals surface area contributed by atoms with Crippen molar-refractivity contribution in [3.8, 4) is 11.5 Å². The van der Waals surface area contributed by atoms with E-state index in [0.717, 1.165) is 43.7 Å². The molecule has 3 rings (SSSR count). The molecule has 0 bridgehead atoms. The lowest BCUT2D eigenvalue weighted by Gasteiger charge is -2.39. The number of hydrogen-bond acceptors (Lipinski definition) is 4. The number of aromatic hydroxyl groups is 1. The summed E-state index contributed by atoms with van der Waals surface area (Å²) < 4.78 is 11.3. The van der Waals surface area contributed by atoms with Gasteiger partial charge in [-0.2, -0.15) is 0 Å². The number of ether oxygens (including phenoxy) is 2. The van der Waals surface area contributed by atoms with Gasteiger partial charge < -0.3 is 14.6 Å². The normalized spacial score (nSPS) is 20.2. The molecule has 1 saturated heterocycles. The van der Waals surface area contributed by atoms with E-state index in [4.69, 9.17) is 9.47 Å². The van der Waals surface area contributed by atoms with Gasteiger partial charge in [0.15, 0.2) is 0 Å². The molecular weight excluding hydrogens is 350 g/mol. The first-order chi connectivity index (χ1) is 13.5. The van der Waals surface area contributed by atoms with Crippen molar-refractivity contribution in [2.75, 3.05) is 20.3 Å². The first-order valence-electron chi connectivity index (χ1n) is 10.0. The van der Waals surface area contributed by atoms with E-state index < -0.39 is 0 Å². The number of phenols is 1. The smallest absolute Gasteiger partial charge is 0.124 e. The highest BCUT2D eigenvalue weighted by Gasteiger charge is 2.33. The summed E-state index contributed by atoms with van der Waals surface area (Å²) in [5.74, 6) is 2.14. The van der Waals surface area contributed by atoms with E-state index in [-0.39, 0.29) is 11.4 Å². The third-order valence-electron chi connectivity index (χ3n) is 5.58. The first-order valence-corrected chi connectivity index (χ1v) is 10.0. The van der Waals surface area contributed by atoms with Crippen LogP contribution in [0.3, 0.4) is 0 Å². The van der Waals surface area contributed by atoms with Gasteiger partial charge in [0, 0.05) is 24.9 Å². The Balaban J connectivity index is 1.73. The van der Waals surface area contributed by atoms with Gasteiger partial charge in [0.25, 0.3) is 0 Å². The summed E-state index contributed by atoms with van der Waals surface area (Å²) in [7, 11) is 1.70. The summed E-state index contributed by atoms with van der Waals surface area (Å²) in [5, 5.41) is 9.89. The minimum Gasteiger partial charge on any atom is -0.507 e. The van der Waals surface area contributed by atoms with Crippen molar-refractivity contribution >= 4 is 6.21 Å². The molecule has 0 aliphatic carbocycles. The zero-order valence-electron chi connectivity index (χ0n) is 17.1. The molecule has 1 heterocycles. The Morgan fingerprint density at radius 2 is 1.96 bits per heavy atom. The molecule has 4 heteroatoms. The lowest BCUT2D eigenvalue weighted by molar-refractivity contribution is -0.0771. The van der Waals surface area contributed by atoms with Gasteiger partial charge in [0.1, 0.15) is 11.5 Å². The van der Waals surface area contributed by atoms with E-state index in [1.807, 2.05) is 30.3 Å². The molecule has 0 amide bonds. The van der Waals surface area contributed by atoms with Crippen LogP contribution in [0.1, 0.15) is 50.2 Å². The van der Waals surface area contributed by atoms with E-state index in [0.29, 0.717) is 11.8 Å². The molecule has 0 spiro atoms. The quantitative estimate of drug-likeness (QED) is 0.671. The number of benzene rings is 2. The fourth-order valence-corrected chi connectivity index (χ4v) is 4.12. The molecule has 2 atom stereocenters. The lowest BCUT2D eigenvalue weighted by atomic mass is 9.75. The second kappa shape index (κ2) is 9.24. The largest absolute Gasteiger partial charge is 0.507 e. The number of phenolic OH excluding ortho intramolecular Hbond substituents is 1. The van der Waals surface area contributed by atoms with Crippen LogP contribution in [0, 0.1) is 5.92 Å². The number of methoxy groups -OCH3 is 1. The van der Waals surface area contributed by atoms with Crippen molar-refractivity contribution in [1.82, 2.24) is 0 Å². The molecule has 2 aromatic rings. The fraction of sp³-hybridized carbons (Fsp3) is 0.458. The third-order valence-corrected chi connectivity index (χ3v) is 5.58. The zero-order valence-corrected chi connectivity index (χ0v) is 17.1. The topological polar surface area (TPSA) is 51.0 Å². The summed E-state index contributed by atoms with van der Waals surface area (Å²) in [4.78, 5) is 4.59. The second-order valence-electron chi connectivity index (χ2n) is 8.12. The minimum absolute atomic E-state index is 0.0767. The molecule has 0 aromatic heterocycles.